The maximum Gasteiger partial charge on any atom is 0.255 e. The molecule has 6 heteroatoms. The van der Waals surface area contributed by atoms with E-state index in [2.05, 4.69) is 16.9 Å². The van der Waals surface area contributed by atoms with Crippen molar-refractivity contribution >= 4 is 22.7 Å². The molecule has 0 unspecified atom stereocenters. The minimum atomic E-state index is -0.256. The van der Waals surface area contributed by atoms with Gasteiger partial charge in [0.1, 0.15) is 12.1 Å². The monoisotopic (exact) mass is 338 g/mol. The number of hydrogen-bond donors (Lipinski definition) is 1. The normalized spacial score (nSPS) is 10.5. The van der Waals surface area contributed by atoms with E-state index in [-0.39, 0.29) is 5.91 Å². The lowest BCUT2D eigenvalue weighted by atomic mass is 10.1. The lowest BCUT2D eigenvalue weighted by Crippen LogP contribution is -2.12. The minimum absolute atomic E-state index is 0.256. The summed E-state index contributed by atoms with van der Waals surface area (Å²) in [5, 5.41) is 2.84. The first-order valence-electron chi connectivity index (χ1n) is 7.71. The highest BCUT2D eigenvalue weighted by molar-refractivity contribution is 6.05. The molecule has 0 bridgehead atoms. The molecule has 128 valence electrons. The molecular formula is C19H18N2O4. The molecule has 0 saturated carbocycles. The summed E-state index contributed by atoms with van der Waals surface area (Å²) in [4.78, 5) is 16.7. The number of rotatable bonds is 6. The van der Waals surface area contributed by atoms with Gasteiger partial charge in [-0.2, -0.15) is 0 Å². The zero-order valence-corrected chi connectivity index (χ0v) is 14.0. The van der Waals surface area contributed by atoms with Crippen LogP contribution in [0.25, 0.3) is 11.1 Å². The van der Waals surface area contributed by atoms with Gasteiger partial charge in [-0.05, 0) is 36.4 Å². The predicted molar refractivity (Wildman–Crippen MR) is 95.4 cm³/mol. The van der Waals surface area contributed by atoms with Crippen molar-refractivity contribution in [3.05, 3.63) is 60.5 Å². The molecule has 0 aliphatic rings. The fourth-order valence-electron chi connectivity index (χ4n) is 2.40. The standard InChI is InChI=1S/C19H18N2O4/c1-4-9-24-17-7-5-13(10-18(17)23-3)19(22)21-14-6-8-16-15(11-14)20-12(2)25-16/h4-8,10-11H,1,9H2,2-3H3,(H,21,22). The third-order valence-electron chi connectivity index (χ3n) is 3.53. The number of nitrogens with one attached hydrogen (secondary N) is 1. The van der Waals surface area contributed by atoms with E-state index in [1.165, 1.54) is 7.11 Å². The first-order chi connectivity index (χ1) is 12.1. The number of fused-ring (bicyclic) bond motifs is 1. The number of carbonyl (C=O) groups excluding carboxylic acids is 1. The van der Waals surface area contributed by atoms with Crippen LogP contribution >= 0.6 is 0 Å². The number of oxazole rings is 1. The van der Waals surface area contributed by atoms with Gasteiger partial charge in [0.15, 0.2) is 23.0 Å². The fraction of sp³-hybridized carbons (Fsp3) is 0.158. The molecule has 1 amide bonds. The number of benzene rings is 2. The topological polar surface area (TPSA) is 73.6 Å². The molecule has 0 fully saturated rings. The van der Waals surface area contributed by atoms with Crippen LogP contribution in [-0.4, -0.2) is 24.6 Å². The number of amides is 1. The first-order valence-corrected chi connectivity index (χ1v) is 7.71. The Morgan fingerprint density at radius 3 is 2.88 bits per heavy atom. The lowest BCUT2D eigenvalue weighted by molar-refractivity contribution is 0.102. The molecular weight excluding hydrogens is 320 g/mol. The zero-order chi connectivity index (χ0) is 17.8. The molecule has 25 heavy (non-hydrogen) atoms. The molecule has 0 atom stereocenters. The SMILES string of the molecule is C=CCOc1ccc(C(=O)Nc2ccc3oc(C)nc3c2)cc1OC. The second-order valence-electron chi connectivity index (χ2n) is 5.33. The van der Waals surface area contributed by atoms with Crippen molar-refractivity contribution in [1.82, 2.24) is 4.98 Å². The van der Waals surface area contributed by atoms with Crippen LogP contribution in [0.15, 0.2) is 53.5 Å². The van der Waals surface area contributed by atoms with E-state index in [1.807, 2.05) is 0 Å². The Morgan fingerprint density at radius 1 is 1.28 bits per heavy atom. The largest absolute Gasteiger partial charge is 0.493 e. The lowest BCUT2D eigenvalue weighted by Gasteiger charge is -2.11. The van der Waals surface area contributed by atoms with Gasteiger partial charge in [-0.25, -0.2) is 4.98 Å². The van der Waals surface area contributed by atoms with E-state index in [0.717, 1.165) is 0 Å². The third kappa shape index (κ3) is 3.63. The Morgan fingerprint density at radius 2 is 2.12 bits per heavy atom. The Kier molecular flexibility index (Phi) is 4.70. The Balaban J connectivity index is 1.80. The van der Waals surface area contributed by atoms with Crippen LogP contribution in [0.1, 0.15) is 16.2 Å². The average molecular weight is 338 g/mol. The van der Waals surface area contributed by atoms with E-state index in [0.29, 0.717) is 46.3 Å². The highest BCUT2D eigenvalue weighted by Crippen LogP contribution is 2.28. The number of ether oxygens (including phenoxy) is 2. The molecule has 3 rings (SSSR count). The van der Waals surface area contributed by atoms with Gasteiger partial charge in [-0.1, -0.05) is 12.7 Å². The number of nitrogens with zero attached hydrogens (tertiary/aromatic N) is 1. The van der Waals surface area contributed by atoms with Crippen LogP contribution in [0, 0.1) is 6.92 Å². The summed E-state index contributed by atoms with van der Waals surface area (Å²) in [6.45, 7) is 5.74. The smallest absolute Gasteiger partial charge is 0.255 e. The van der Waals surface area contributed by atoms with Crippen LogP contribution in [0.2, 0.25) is 0 Å². The highest BCUT2D eigenvalue weighted by Gasteiger charge is 2.12. The maximum atomic E-state index is 12.5. The Labute approximate surface area is 145 Å². The van der Waals surface area contributed by atoms with Crippen LogP contribution in [0.3, 0.4) is 0 Å². The van der Waals surface area contributed by atoms with Gasteiger partial charge >= 0.3 is 0 Å². The molecule has 2 aromatic carbocycles. The van der Waals surface area contributed by atoms with Gasteiger partial charge in [-0.15, -0.1) is 0 Å². The third-order valence-corrected chi connectivity index (χ3v) is 3.53. The van der Waals surface area contributed by atoms with E-state index in [4.69, 9.17) is 13.9 Å². The van der Waals surface area contributed by atoms with Gasteiger partial charge < -0.3 is 19.2 Å². The van der Waals surface area contributed by atoms with E-state index >= 15 is 0 Å². The molecule has 3 aromatic rings. The van der Waals surface area contributed by atoms with Crippen molar-refractivity contribution in [3.63, 3.8) is 0 Å². The molecule has 0 spiro atoms. The summed E-state index contributed by atoms with van der Waals surface area (Å²) in [5.74, 6) is 1.36. The summed E-state index contributed by atoms with van der Waals surface area (Å²) < 4.78 is 16.2. The van der Waals surface area contributed by atoms with Crippen molar-refractivity contribution in [1.29, 1.82) is 0 Å². The van der Waals surface area contributed by atoms with Crippen molar-refractivity contribution in [2.45, 2.75) is 6.92 Å². The van der Waals surface area contributed by atoms with E-state index < -0.39 is 0 Å². The van der Waals surface area contributed by atoms with Gasteiger partial charge in [0.05, 0.1) is 7.11 Å². The van der Waals surface area contributed by atoms with Gasteiger partial charge in [0, 0.05) is 18.2 Å². The van der Waals surface area contributed by atoms with Crippen LogP contribution < -0.4 is 14.8 Å². The highest BCUT2D eigenvalue weighted by atomic mass is 16.5. The fourth-order valence-corrected chi connectivity index (χ4v) is 2.40. The summed E-state index contributed by atoms with van der Waals surface area (Å²) >= 11 is 0. The van der Waals surface area contributed by atoms with Crippen LogP contribution in [0.5, 0.6) is 11.5 Å². The second-order valence-corrected chi connectivity index (χ2v) is 5.33. The Hall–Kier alpha value is -3.28. The average Bonchev–Trinajstić information content (AvgIpc) is 2.99. The molecule has 6 nitrogen and oxygen atoms in total. The molecule has 1 N–H and O–H groups in total. The molecule has 0 aliphatic carbocycles. The van der Waals surface area contributed by atoms with Crippen LogP contribution in [0.4, 0.5) is 5.69 Å². The number of hydrogen-bond acceptors (Lipinski definition) is 5. The van der Waals surface area contributed by atoms with Crippen molar-refractivity contribution in [2.24, 2.45) is 0 Å². The van der Waals surface area contributed by atoms with E-state index in [9.17, 15) is 4.79 Å². The number of aromatic nitrogens is 1. The number of carbonyl (C=O) groups is 1. The molecule has 1 aromatic heterocycles. The summed E-state index contributed by atoms with van der Waals surface area (Å²) in [5.41, 5.74) is 2.47. The summed E-state index contributed by atoms with van der Waals surface area (Å²) in [6.07, 6.45) is 1.64. The van der Waals surface area contributed by atoms with Crippen molar-refractivity contribution < 1.29 is 18.7 Å². The molecule has 0 aliphatic heterocycles. The van der Waals surface area contributed by atoms with E-state index in [1.54, 1.807) is 49.4 Å². The quantitative estimate of drug-likeness (QED) is 0.689. The summed E-state index contributed by atoms with van der Waals surface area (Å²) in [6, 6.07) is 10.3. The maximum absolute atomic E-state index is 12.5. The molecule has 0 radical (unpaired) electrons. The molecule has 0 saturated heterocycles. The second kappa shape index (κ2) is 7.09. The predicted octanol–water partition coefficient (Wildman–Crippen LogP) is 3.96. The van der Waals surface area contributed by atoms with Gasteiger partial charge in [0.25, 0.3) is 5.91 Å². The first kappa shape index (κ1) is 16.6. The minimum Gasteiger partial charge on any atom is -0.493 e. The number of anilines is 1. The summed E-state index contributed by atoms with van der Waals surface area (Å²) in [7, 11) is 1.53. The number of methoxy groups -OCH3 is 1. The van der Waals surface area contributed by atoms with Gasteiger partial charge in [-0.3, -0.25) is 4.79 Å². The van der Waals surface area contributed by atoms with Gasteiger partial charge in [0.2, 0.25) is 0 Å². The Bertz CT molecular complexity index is 930. The van der Waals surface area contributed by atoms with Crippen molar-refractivity contribution in [2.75, 3.05) is 19.0 Å². The van der Waals surface area contributed by atoms with Crippen LogP contribution in [-0.2, 0) is 0 Å². The van der Waals surface area contributed by atoms with Crippen molar-refractivity contribution in [3.8, 4) is 11.5 Å². The zero-order valence-electron chi connectivity index (χ0n) is 14.0. The molecule has 1 heterocycles. The number of aryl methyl sites for hydroxylation is 1.